The summed E-state index contributed by atoms with van der Waals surface area (Å²) in [7, 11) is 0. The summed E-state index contributed by atoms with van der Waals surface area (Å²) in [5, 5.41) is 3.39. The van der Waals surface area contributed by atoms with E-state index in [-0.39, 0.29) is 0 Å². The van der Waals surface area contributed by atoms with E-state index in [9.17, 15) is 0 Å². The molecule has 1 atom stereocenters. The van der Waals surface area contributed by atoms with Gasteiger partial charge in [-0.3, -0.25) is 0 Å². The van der Waals surface area contributed by atoms with E-state index >= 15 is 0 Å². The molecule has 2 rings (SSSR count). The van der Waals surface area contributed by atoms with Gasteiger partial charge in [-0.25, -0.2) is 0 Å². The molecule has 3 heteroatoms. The first-order valence-corrected chi connectivity index (χ1v) is 5.97. The number of hydrogen-bond donors (Lipinski definition) is 2. The quantitative estimate of drug-likeness (QED) is 0.807. The average molecular weight is 220 g/mol. The van der Waals surface area contributed by atoms with Crippen LogP contribution in [-0.2, 0) is 13.0 Å². The van der Waals surface area contributed by atoms with Gasteiger partial charge in [0.05, 0.1) is 6.61 Å². The molecule has 3 N–H and O–H groups in total. The normalized spacial score (nSPS) is 16.4. The predicted octanol–water partition coefficient (Wildman–Crippen LogP) is 1.45. The van der Waals surface area contributed by atoms with E-state index in [4.69, 9.17) is 10.5 Å². The molecule has 1 aliphatic heterocycles. The Morgan fingerprint density at radius 1 is 1.50 bits per heavy atom. The highest BCUT2D eigenvalue weighted by atomic mass is 16.5. The summed E-state index contributed by atoms with van der Waals surface area (Å²) < 4.78 is 5.58. The van der Waals surface area contributed by atoms with Crippen molar-refractivity contribution in [3.05, 3.63) is 29.3 Å². The lowest BCUT2D eigenvalue weighted by Gasteiger charge is -2.18. The van der Waals surface area contributed by atoms with Gasteiger partial charge in [-0.05, 0) is 37.0 Å². The summed E-state index contributed by atoms with van der Waals surface area (Å²) in [5.74, 6) is 1.06. The molecule has 88 valence electrons. The minimum absolute atomic E-state index is 0.368. The second-order valence-electron chi connectivity index (χ2n) is 4.41. The Kier molecular flexibility index (Phi) is 3.80. The number of benzene rings is 1. The highest BCUT2D eigenvalue weighted by Crippen LogP contribution is 2.25. The summed E-state index contributed by atoms with van der Waals surface area (Å²) in [5.41, 5.74) is 8.21. The highest BCUT2D eigenvalue weighted by molar-refractivity contribution is 5.38. The molecule has 0 saturated heterocycles. The topological polar surface area (TPSA) is 47.3 Å². The van der Waals surface area contributed by atoms with E-state index < -0.39 is 0 Å². The fourth-order valence-electron chi connectivity index (χ4n) is 1.90. The van der Waals surface area contributed by atoms with Gasteiger partial charge in [-0.15, -0.1) is 0 Å². The summed E-state index contributed by atoms with van der Waals surface area (Å²) in [6.07, 6.45) is 2.26. The Morgan fingerprint density at radius 3 is 3.19 bits per heavy atom. The maximum Gasteiger partial charge on any atom is 0.122 e. The van der Waals surface area contributed by atoms with Crippen molar-refractivity contribution in [3.63, 3.8) is 0 Å². The third-order valence-corrected chi connectivity index (χ3v) is 2.98. The van der Waals surface area contributed by atoms with Crippen molar-refractivity contribution in [3.8, 4) is 5.75 Å². The minimum atomic E-state index is 0.368. The van der Waals surface area contributed by atoms with Crippen LogP contribution in [0.1, 0.15) is 24.5 Å². The molecule has 0 aliphatic carbocycles. The fourth-order valence-corrected chi connectivity index (χ4v) is 1.90. The smallest absolute Gasteiger partial charge is 0.122 e. The summed E-state index contributed by atoms with van der Waals surface area (Å²) in [6, 6.07) is 6.82. The van der Waals surface area contributed by atoms with Crippen LogP contribution in [0, 0.1) is 0 Å². The van der Waals surface area contributed by atoms with E-state index in [1.54, 1.807) is 0 Å². The number of aryl methyl sites for hydroxylation is 1. The number of nitrogens with one attached hydrogen (secondary N) is 1. The molecule has 0 amide bonds. The average Bonchev–Trinajstić information content (AvgIpc) is 2.35. The van der Waals surface area contributed by atoms with Crippen molar-refractivity contribution in [1.29, 1.82) is 0 Å². The van der Waals surface area contributed by atoms with E-state index in [0.29, 0.717) is 12.6 Å². The molecule has 1 aromatic carbocycles. The first-order chi connectivity index (χ1) is 7.79. The third-order valence-electron chi connectivity index (χ3n) is 2.98. The summed E-state index contributed by atoms with van der Waals surface area (Å²) in [4.78, 5) is 0. The van der Waals surface area contributed by atoms with Crippen LogP contribution in [0.15, 0.2) is 18.2 Å². The molecular weight excluding hydrogens is 200 g/mol. The lowest BCUT2D eigenvalue weighted by atomic mass is 10.0. The lowest BCUT2D eigenvalue weighted by Crippen LogP contribution is -2.32. The molecule has 0 fully saturated rings. The van der Waals surface area contributed by atoms with Crippen LogP contribution in [0.4, 0.5) is 0 Å². The van der Waals surface area contributed by atoms with Gasteiger partial charge in [0.25, 0.3) is 0 Å². The molecule has 0 radical (unpaired) electrons. The Balaban J connectivity index is 2.00. The van der Waals surface area contributed by atoms with Crippen LogP contribution in [0.3, 0.4) is 0 Å². The van der Waals surface area contributed by atoms with Crippen molar-refractivity contribution < 1.29 is 4.74 Å². The Labute approximate surface area is 97.0 Å². The number of nitrogens with two attached hydrogens (primary N) is 1. The Hall–Kier alpha value is -1.06. The second-order valence-corrected chi connectivity index (χ2v) is 4.41. The zero-order valence-corrected chi connectivity index (χ0v) is 9.83. The molecular formula is C13H20N2O. The zero-order valence-electron chi connectivity index (χ0n) is 9.83. The van der Waals surface area contributed by atoms with Crippen molar-refractivity contribution in [2.24, 2.45) is 5.73 Å². The van der Waals surface area contributed by atoms with Gasteiger partial charge in [0.15, 0.2) is 0 Å². The number of hydrogen-bond acceptors (Lipinski definition) is 3. The largest absolute Gasteiger partial charge is 0.493 e. The van der Waals surface area contributed by atoms with Crippen LogP contribution in [0.5, 0.6) is 5.75 Å². The van der Waals surface area contributed by atoms with Gasteiger partial charge in [-0.2, -0.15) is 0 Å². The lowest BCUT2D eigenvalue weighted by molar-refractivity contribution is 0.288. The van der Waals surface area contributed by atoms with Crippen LogP contribution < -0.4 is 15.8 Å². The fraction of sp³-hybridized carbons (Fsp3) is 0.538. The first kappa shape index (κ1) is 11.4. The second kappa shape index (κ2) is 5.32. The third kappa shape index (κ3) is 2.74. The number of fused-ring (bicyclic) bond motifs is 1. The van der Waals surface area contributed by atoms with Gasteiger partial charge in [0.2, 0.25) is 0 Å². The molecule has 0 spiro atoms. The van der Waals surface area contributed by atoms with Gasteiger partial charge >= 0.3 is 0 Å². The molecule has 1 aliphatic rings. The van der Waals surface area contributed by atoms with E-state index in [1.165, 1.54) is 11.1 Å². The zero-order chi connectivity index (χ0) is 11.4. The van der Waals surface area contributed by atoms with Crippen LogP contribution >= 0.6 is 0 Å². The Bertz CT molecular complexity index is 352. The van der Waals surface area contributed by atoms with Crippen molar-refractivity contribution >= 4 is 0 Å². The predicted molar refractivity (Wildman–Crippen MR) is 65.6 cm³/mol. The molecule has 0 unspecified atom stereocenters. The maximum absolute atomic E-state index is 5.58. The van der Waals surface area contributed by atoms with E-state index in [1.807, 2.05) is 0 Å². The highest BCUT2D eigenvalue weighted by Gasteiger charge is 2.10. The summed E-state index contributed by atoms with van der Waals surface area (Å²) >= 11 is 0. The van der Waals surface area contributed by atoms with Gasteiger partial charge < -0.3 is 15.8 Å². The molecule has 0 saturated carbocycles. The van der Waals surface area contributed by atoms with Gasteiger partial charge in [0, 0.05) is 19.1 Å². The van der Waals surface area contributed by atoms with Crippen molar-refractivity contribution in [1.82, 2.24) is 5.32 Å². The maximum atomic E-state index is 5.58. The van der Waals surface area contributed by atoms with Crippen LogP contribution in [0.25, 0.3) is 0 Å². The first-order valence-electron chi connectivity index (χ1n) is 5.97. The van der Waals surface area contributed by atoms with E-state index in [2.05, 4.69) is 30.4 Å². The van der Waals surface area contributed by atoms with Crippen LogP contribution in [-0.4, -0.2) is 19.2 Å². The number of ether oxygens (including phenoxy) is 1. The molecule has 0 aromatic heterocycles. The molecule has 1 heterocycles. The number of rotatable bonds is 4. The van der Waals surface area contributed by atoms with Crippen molar-refractivity contribution in [2.75, 3.05) is 13.2 Å². The minimum Gasteiger partial charge on any atom is -0.493 e. The molecule has 16 heavy (non-hydrogen) atoms. The molecule has 1 aromatic rings. The molecule has 0 bridgehead atoms. The van der Waals surface area contributed by atoms with Crippen LogP contribution in [0.2, 0.25) is 0 Å². The SMILES string of the molecule is C[C@@H](CN)NCc1ccc2c(c1)CCCO2. The summed E-state index contributed by atoms with van der Waals surface area (Å²) in [6.45, 7) is 4.51. The Morgan fingerprint density at radius 2 is 2.38 bits per heavy atom. The van der Waals surface area contributed by atoms with Gasteiger partial charge in [0.1, 0.15) is 5.75 Å². The standard InChI is InChI=1S/C13H20N2O/c1-10(8-14)15-9-11-4-5-13-12(7-11)3-2-6-16-13/h4-5,7,10,15H,2-3,6,8-9,14H2,1H3/t10-/m0/s1. The molecule has 3 nitrogen and oxygen atoms in total. The van der Waals surface area contributed by atoms with E-state index in [0.717, 1.165) is 31.7 Å². The monoisotopic (exact) mass is 220 g/mol. The van der Waals surface area contributed by atoms with Crippen molar-refractivity contribution in [2.45, 2.75) is 32.4 Å². The van der Waals surface area contributed by atoms with Gasteiger partial charge in [-0.1, -0.05) is 12.1 Å².